The molecule has 3 N–H and O–H groups in total. The van der Waals surface area contributed by atoms with Gasteiger partial charge in [-0.3, -0.25) is 4.79 Å². The SMILES string of the molecule is CCC(N)Cc1ccc(OCC(=O)NCC#N)c(Br)c1. The van der Waals surface area contributed by atoms with E-state index in [1.165, 1.54) is 0 Å². The first-order valence-electron chi connectivity index (χ1n) is 6.37. The molecule has 1 amide bonds. The van der Waals surface area contributed by atoms with Crippen LogP contribution in [0, 0.1) is 11.3 Å². The van der Waals surface area contributed by atoms with Crippen molar-refractivity contribution in [1.29, 1.82) is 5.26 Å². The van der Waals surface area contributed by atoms with Gasteiger partial charge in [-0.25, -0.2) is 0 Å². The van der Waals surface area contributed by atoms with Crippen LogP contribution in [0.25, 0.3) is 0 Å². The van der Waals surface area contributed by atoms with E-state index in [-0.39, 0.29) is 25.1 Å². The molecule has 0 aliphatic heterocycles. The second-order valence-corrected chi connectivity index (χ2v) is 5.22. The average Bonchev–Trinajstić information content (AvgIpc) is 2.44. The number of nitrogens with two attached hydrogens (primary N) is 1. The molecule has 0 heterocycles. The van der Waals surface area contributed by atoms with Crippen molar-refractivity contribution < 1.29 is 9.53 Å². The Balaban J connectivity index is 2.56. The van der Waals surface area contributed by atoms with Gasteiger partial charge in [0.05, 0.1) is 10.5 Å². The standard InChI is InChI=1S/C14H18BrN3O2/c1-2-11(17)7-10-3-4-13(12(15)8-10)20-9-14(19)18-6-5-16/h3-4,8,11H,2,6-7,9,17H2,1H3,(H,18,19). The molecule has 0 radical (unpaired) electrons. The van der Waals surface area contributed by atoms with Crippen molar-refractivity contribution in [2.75, 3.05) is 13.2 Å². The first-order chi connectivity index (χ1) is 9.56. The van der Waals surface area contributed by atoms with Gasteiger partial charge in [0.15, 0.2) is 6.61 Å². The summed E-state index contributed by atoms with van der Waals surface area (Å²) in [6.07, 6.45) is 1.73. The number of nitrogens with one attached hydrogen (secondary N) is 1. The quantitative estimate of drug-likeness (QED) is 0.740. The molecule has 0 saturated carbocycles. The third-order valence-corrected chi connectivity index (χ3v) is 3.36. The molecule has 20 heavy (non-hydrogen) atoms. The van der Waals surface area contributed by atoms with Crippen molar-refractivity contribution in [1.82, 2.24) is 5.32 Å². The van der Waals surface area contributed by atoms with Gasteiger partial charge in [-0.1, -0.05) is 13.0 Å². The highest BCUT2D eigenvalue weighted by Crippen LogP contribution is 2.26. The Morgan fingerprint density at radius 2 is 2.35 bits per heavy atom. The minimum Gasteiger partial charge on any atom is -0.483 e. The summed E-state index contributed by atoms with van der Waals surface area (Å²) < 4.78 is 6.17. The van der Waals surface area contributed by atoms with E-state index in [0.717, 1.165) is 22.9 Å². The fraction of sp³-hybridized carbons (Fsp3) is 0.429. The number of benzene rings is 1. The van der Waals surface area contributed by atoms with Crippen LogP contribution in [0.2, 0.25) is 0 Å². The maximum absolute atomic E-state index is 11.3. The molecule has 1 rings (SSSR count). The summed E-state index contributed by atoms with van der Waals surface area (Å²) >= 11 is 3.41. The molecule has 6 heteroatoms. The van der Waals surface area contributed by atoms with E-state index in [0.29, 0.717) is 5.75 Å². The van der Waals surface area contributed by atoms with Crippen molar-refractivity contribution in [3.63, 3.8) is 0 Å². The summed E-state index contributed by atoms with van der Waals surface area (Å²) in [5.74, 6) is 0.265. The van der Waals surface area contributed by atoms with Crippen molar-refractivity contribution in [3.8, 4) is 11.8 Å². The van der Waals surface area contributed by atoms with Gasteiger partial charge in [-0.2, -0.15) is 5.26 Å². The van der Waals surface area contributed by atoms with Gasteiger partial charge in [-0.05, 0) is 46.5 Å². The number of rotatable bonds is 7. The molecule has 108 valence electrons. The number of hydrogen-bond acceptors (Lipinski definition) is 4. The van der Waals surface area contributed by atoms with Gasteiger partial charge in [0, 0.05) is 6.04 Å². The number of ether oxygens (including phenoxy) is 1. The summed E-state index contributed by atoms with van der Waals surface area (Å²) in [7, 11) is 0. The summed E-state index contributed by atoms with van der Waals surface area (Å²) in [5, 5.41) is 10.8. The van der Waals surface area contributed by atoms with E-state index in [1.54, 1.807) is 6.07 Å². The Kier molecular flexibility index (Phi) is 7.05. The third-order valence-electron chi connectivity index (χ3n) is 2.74. The number of amides is 1. The molecule has 0 spiro atoms. The highest BCUT2D eigenvalue weighted by molar-refractivity contribution is 9.10. The van der Waals surface area contributed by atoms with E-state index in [9.17, 15) is 4.79 Å². The van der Waals surface area contributed by atoms with Crippen molar-refractivity contribution in [2.45, 2.75) is 25.8 Å². The third kappa shape index (κ3) is 5.59. The van der Waals surface area contributed by atoms with Crippen LogP contribution in [0.1, 0.15) is 18.9 Å². The maximum Gasteiger partial charge on any atom is 0.258 e. The Morgan fingerprint density at radius 3 is 2.95 bits per heavy atom. The molecular formula is C14H18BrN3O2. The highest BCUT2D eigenvalue weighted by atomic mass is 79.9. The summed E-state index contributed by atoms with van der Waals surface area (Å²) in [6, 6.07) is 7.66. The highest BCUT2D eigenvalue weighted by Gasteiger charge is 2.08. The van der Waals surface area contributed by atoms with Crippen LogP contribution in [0.3, 0.4) is 0 Å². The van der Waals surface area contributed by atoms with Crippen LogP contribution in [-0.4, -0.2) is 25.1 Å². The Morgan fingerprint density at radius 1 is 1.60 bits per heavy atom. The van der Waals surface area contributed by atoms with Gasteiger partial charge >= 0.3 is 0 Å². The number of hydrogen-bond donors (Lipinski definition) is 2. The summed E-state index contributed by atoms with van der Waals surface area (Å²) in [6.45, 7) is 1.92. The molecule has 0 aliphatic carbocycles. The Labute approximate surface area is 127 Å². The van der Waals surface area contributed by atoms with E-state index < -0.39 is 0 Å². The normalized spacial score (nSPS) is 11.5. The summed E-state index contributed by atoms with van der Waals surface area (Å²) in [5.41, 5.74) is 7.03. The van der Waals surface area contributed by atoms with Crippen molar-refractivity contribution in [2.24, 2.45) is 5.73 Å². The molecule has 0 aliphatic rings. The molecule has 0 bridgehead atoms. The zero-order chi connectivity index (χ0) is 15.0. The fourth-order valence-corrected chi connectivity index (χ4v) is 2.11. The average molecular weight is 340 g/mol. The van der Waals surface area contributed by atoms with Gasteiger partial charge in [0.25, 0.3) is 5.91 Å². The summed E-state index contributed by atoms with van der Waals surface area (Å²) in [4.78, 5) is 11.3. The molecule has 0 aromatic heterocycles. The van der Waals surface area contributed by atoms with Crippen molar-refractivity contribution >= 4 is 21.8 Å². The predicted molar refractivity (Wildman–Crippen MR) is 80.2 cm³/mol. The number of nitrogens with zero attached hydrogens (tertiary/aromatic N) is 1. The van der Waals surface area contributed by atoms with Crippen LogP contribution < -0.4 is 15.8 Å². The van der Waals surface area contributed by atoms with E-state index in [4.69, 9.17) is 15.7 Å². The van der Waals surface area contributed by atoms with E-state index in [2.05, 4.69) is 28.2 Å². The van der Waals surface area contributed by atoms with E-state index in [1.807, 2.05) is 18.2 Å². The van der Waals surface area contributed by atoms with Crippen LogP contribution in [-0.2, 0) is 11.2 Å². The topological polar surface area (TPSA) is 88.1 Å². The molecule has 1 aromatic carbocycles. The molecule has 0 fully saturated rings. The first-order valence-corrected chi connectivity index (χ1v) is 7.16. The molecule has 5 nitrogen and oxygen atoms in total. The number of carbonyl (C=O) groups excluding carboxylic acids is 1. The predicted octanol–water partition coefficient (Wildman–Crippen LogP) is 1.75. The largest absolute Gasteiger partial charge is 0.483 e. The van der Waals surface area contributed by atoms with Crippen LogP contribution in [0.4, 0.5) is 0 Å². The van der Waals surface area contributed by atoms with E-state index >= 15 is 0 Å². The van der Waals surface area contributed by atoms with Crippen LogP contribution in [0.15, 0.2) is 22.7 Å². The Hall–Kier alpha value is -1.58. The van der Waals surface area contributed by atoms with Crippen LogP contribution in [0.5, 0.6) is 5.75 Å². The number of carbonyl (C=O) groups is 1. The number of nitriles is 1. The van der Waals surface area contributed by atoms with Gasteiger partial charge < -0.3 is 15.8 Å². The molecule has 1 aromatic rings. The molecule has 1 unspecified atom stereocenters. The monoisotopic (exact) mass is 339 g/mol. The minimum atomic E-state index is -0.324. The van der Waals surface area contributed by atoms with Gasteiger partial charge in [-0.15, -0.1) is 0 Å². The Bertz CT molecular complexity index is 500. The fourth-order valence-electron chi connectivity index (χ4n) is 1.57. The smallest absolute Gasteiger partial charge is 0.258 e. The minimum absolute atomic E-state index is 0.0167. The second-order valence-electron chi connectivity index (χ2n) is 4.36. The van der Waals surface area contributed by atoms with Crippen molar-refractivity contribution in [3.05, 3.63) is 28.2 Å². The first kappa shape index (κ1) is 16.5. The lowest BCUT2D eigenvalue weighted by atomic mass is 10.0. The van der Waals surface area contributed by atoms with Crippen LogP contribution >= 0.6 is 15.9 Å². The lowest BCUT2D eigenvalue weighted by molar-refractivity contribution is -0.122. The van der Waals surface area contributed by atoms with Gasteiger partial charge in [0.2, 0.25) is 0 Å². The zero-order valence-corrected chi connectivity index (χ0v) is 12.9. The van der Waals surface area contributed by atoms with Gasteiger partial charge in [0.1, 0.15) is 12.3 Å². The lowest BCUT2D eigenvalue weighted by Gasteiger charge is -2.12. The maximum atomic E-state index is 11.3. The number of halogens is 1. The molecular weight excluding hydrogens is 322 g/mol. The molecule has 0 saturated heterocycles. The molecule has 1 atom stereocenters. The zero-order valence-electron chi connectivity index (χ0n) is 11.4. The second kappa shape index (κ2) is 8.56. The lowest BCUT2D eigenvalue weighted by Crippen LogP contribution is -2.29.